The van der Waals surface area contributed by atoms with E-state index in [-0.39, 0.29) is 27.4 Å². The zero-order valence-corrected chi connectivity index (χ0v) is 24.9. The summed E-state index contributed by atoms with van der Waals surface area (Å²) in [5.41, 5.74) is 5.11. The van der Waals surface area contributed by atoms with Crippen LogP contribution in [0.3, 0.4) is 0 Å². The second-order valence-electron chi connectivity index (χ2n) is 14.6. The molecule has 36 heavy (non-hydrogen) atoms. The van der Waals surface area contributed by atoms with Gasteiger partial charge in [0.25, 0.3) is 0 Å². The van der Waals surface area contributed by atoms with Crippen LogP contribution >= 0.6 is 0 Å². The average molecular weight is 495 g/mol. The van der Waals surface area contributed by atoms with E-state index in [1.54, 1.807) is 0 Å². The number of hydrogen-bond donors (Lipinski definition) is 2. The first-order chi connectivity index (χ1) is 16.1. The summed E-state index contributed by atoms with van der Waals surface area (Å²) in [5, 5.41) is 21.9. The molecule has 2 rings (SSSR count). The van der Waals surface area contributed by atoms with E-state index >= 15 is 0 Å². The van der Waals surface area contributed by atoms with Gasteiger partial charge in [0.15, 0.2) is 0 Å². The molecule has 0 saturated heterocycles. The van der Waals surface area contributed by atoms with E-state index in [0.717, 1.165) is 40.7 Å². The standard InChI is InChI=1S/C33H50O3/c1-30(2,3)24-17-21(18-25(28(24)35)31(4,5)6)14-13-15-23(34)16-22-19-26(32(7,8)9)29(36)27(20-22)33(10,11)12/h17-20,35-36H,13-16H2,1-12H3. The van der Waals surface area contributed by atoms with Gasteiger partial charge in [-0.3, -0.25) is 4.79 Å². The van der Waals surface area contributed by atoms with Crippen molar-refractivity contribution in [2.45, 2.75) is 130 Å². The van der Waals surface area contributed by atoms with Crippen LogP contribution in [-0.4, -0.2) is 16.0 Å². The lowest BCUT2D eigenvalue weighted by Gasteiger charge is -2.28. The highest BCUT2D eigenvalue weighted by Gasteiger charge is 2.28. The quantitative estimate of drug-likeness (QED) is 0.424. The number of rotatable bonds is 6. The van der Waals surface area contributed by atoms with Crippen molar-refractivity contribution in [2.75, 3.05) is 0 Å². The Bertz CT molecular complexity index is 1020. The largest absolute Gasteiger partial charge is 0.507 e. The molecule has 0 heterocycles. The summed E-state index contributed by atoms with van der Waals surface area (Å²) in [6.07, 6.45) is 2.46. The van der Waals surface area contributed by atoms with Crippen molar-refractivity contribution >= 4 is 5.78 Å². The molecule has 2 N–H and O–H groups in total. The molecule has 0 spiro atoms. The van der Waals surface area contributed by atoms with Crippen molar-refractivity contribution < 1.29 is 15.0 Å². The second-order valence-corrected chi connectivity index (χ2v) is 14.6. The van der Waals surface area contributed by atoms with Gasteiger partial charge in [0, 0.05) is 12.8 Å². The Labute approximate surface area is 220 Å². The maximum absolute atomic E-state index is 13.0. The summed E-state index contributed by atoms with van der Waals surface area (Å²) in [7, 11) is 0. The predicted octanol–water partition coefficient (Wildman–Crippen LogP) is 8.42. The summed E-state index contributed by atoms with van der Waals surface area (Å²) >= 11 is 0. The van der Waals surface area contributed by atoms with Crippen LogP contribution in [0, 0.1) is 0 Å². The normalized spacial score (nSPS) is 13.2. The SMILES string of the molecule is CC(C)(C)c1cc(CCCC(=O)Cc2cc(C(C)(C)C)c(O)c(C(C)(C)C)c2)cc(C(C)(C)C)c1O. The molecule has 0 fully saturated rings. The number of aromatic hydroxyl groups is 2. The fraction of sp³-hybridized carbons (Fsp3) is 0.606. The van der Waals surface area contributed by atoms with Crippen LogP contribution in [0.25, 0.3) is 0 Å². The third-order valence-electron chi connectivity index (χ3n) is 6.89. The van der Waals surface area contributed by atoms with Crippen molar-refractivity contribution in [3.05, 3.63) is 57.6 Å². The Hall–Kier alpha value is -2.29. The first-order valence-electron chi connectivity index (χ1n) is 13.4. The van der Waals surface area contributed by atoms with Gasteiger partial charge in [-0.2, -0.15) is 0 Å². The summed E-state index contributed by atoms with van der Waals surface area (Å²) in [4.78, 5) is 13.0. The maximum Gasteiger partial charge on any atom is 0.137 e. The van der Waals surface area contributed by atoms with Crippen LogP contribution < -0.4 is 0 Å². The number of carbonyl (C=O) groups is 1. The highest BCUT2D eigenvalue weighted by molar-refractivity contribution is 5.81. The maximum atomic E-state index is 13.0. The lowest BCUT2D eigenvalue weighted by molar-refractivity contribution is -0.118. The predicted molar refractivity (Wildman–Crippen MR) is 153 cm³/mol. The minimum absolute atomic E-state index is 0.162. The Kier molecular flexibility index (Phi) is 8.50. The Morgan fingerprint density at radius 3 is 1.19 bits per heavy atom. The molecule has 0 aliphatic carbocycles. The third kappa shape index (κ3) is 7.37. The molecular weight excluding hydrogens is 444 g/mol. The minimum Gasteiger partial charge on any atom is -0.507 e. The number of hydrogen-bond acceptors (Lipinski definition) is 3. The lowest BCUT2D eigenvalue weighted by Crippen LogP contribution is -2.18. The van der Waals surface area contributed by atoms with Crippen LogP contribution in [0.1, 0.15) is 129 Å². The van der Waals surface area contributed by atoms with Gasteiger partial charge >= 0.3 is 0 Å². The van der Waals surface area contributed by atoms with Crippen molar-refractivity contribution in [1.29, 1.82) is 0 Å². The number of Topliss-reactive ketones (excluding diaryl/α,β-unsaturated/α-hetero) is 1. The van der Waals surface area contributed by atoms with Gasteiger partial charge < -0.3 is 10.2 Å². The minimum atomic E-state index is -0.211. The molecule has 2 aromatic rings. The topological polar surface area (TPSA) is 57.5 Å². The zero-order chi connectivity index (χ0) is 27.9. The number of ketones is 1. The van der Waals surface area contributed by atoms with Gasteiger partial charge in [0.05, 0.1) is 0 Å². The second kappa shape index (κ2) is 10.2. The van der Waals surface area contributed by atoms with E-state index in [4.69, 9.17) is 0 Å². The molecule has 0 unspecified atom stereocenters. The van der Waals surface area contributed by atoms with Gasteiger partial charge in [0.1, 0.15) is 17.3 Å². The number of benzene rings is 2. The average Bonchev–Trinajstić information content (AvgIpc) is 2.66. The molecule has 0 aliphatic heterocycles. The number of phenolic OH excluding ortho intramolecular Hbond substituents is 2. The van der Waals surface area contributed by atoms with Crippen molar-refractivity contribution in [3.63, 3.8) is 0 Å². The molecule has 0 amide bonds. The lowest BCUT2D eigenvalue weighted by atomic mass is 9.77. The molecule has 0 saturated carbocycles. The zero-order valence-electron chi connectivity index (χ0n) is 24.9. The van der Waals surface area contributed by atoms with Crippen molar-refractivity contribution in [3.8, 4) is 11.5 Å². The molecule has 3 nitrogen and oxygen atoms in total. The van der Waals surface area contributed by atoms with Crippen molar-refractivity contribution in [2.24, 2.45) is 0 Å². The molecule has 0 aromatic heterocycles. The van der Waals surface area contributed by atoms with Crippen LogP contribution in [0.15, 0.2) is 24.3 Å². The van der Waals surface area contributed by atoms with E-state index in [0.29, 0.717) is 24.3 Å². The van der Waals surface area contributed by atoms with E-state index in [9.17, 15) is 15.0 Å². The molecule has 2 aromatic carbocycles. The molecule has 0 aliphatic rings. The molecule has 0 atom stereocenters. The van der Waals surface area contributed by atoms with Gasteiger partial charge in [-0.1, -0.05) is 107 Å². The van der Waals surface area contributed by atoms with Gasteiger partial charge in [0.2, 0.25) is 0 Å². The van der Waals surface area contributed by atoms with Gasteiger partial charge in [-0.25, -0.2) is 0 Å². The van der Waals surface area contributed by atoms with Crippen molar-refractivity contribution in [1.82, 2.24) is 0 Å². The summed E-state index contributed by atoms with van der Waals surface area (Å²) in [5.74, 6) is 0.959. The molecule has 3 heteroatoms. The number of carbonyl (C=O) groups excluding carboxylic acids is 1. The van der Waals surface area contributed by atoms with Crippen LogP contribution in [-0.2, 0) is 39.3 Å². The molecule has 0 bridgehead atoms. The van der Waals surface area contributed by atoms with Crippen LogP contribution in [0.2, 0.25) is 0 Å². The highest BCUT2D eigenvalue weighted by atomic mass is 16.3. The number of phenols is 2. The molecule has 200 valence electrons. The molecular formula is C33H50O3. The smallest absolute Gasteiger partial charge is 0.137 e. The summed E-state index contributed by atoms with van der Waals surface area (Å²) < 4.78 is 0. The monoisotopic (exact) mass is 494 g/mol. The van der Waals surface area contributed by atoms with Crippen LogP contribution in [0.5, 0.6) is 11.5 Å². The first-order valence-corrected chi connectivity index (χ1v) is 13.4. The Morgan fingerprint density at radius 1 is 0.583 bits per heavy atom. The third-order valence-corrected chi connectivity index (χ3v) is 6.89. The summed E-state index contributed by atoms with van der Waals surface area (Å²) in [6.45, 7) is 25.3. The van der Waals surface area contributed by atoms with E-state index in [2.05, 4.69) is 95.2 Å². The Morgan fingerprint density at radius 2 is 0.889 bits per heavy atom. The fourth-order valence-electron chi connectivity index (χ4n) is 4.73. The Balaban J connectivity index is 2.23. The first kappa shape index (κ1) is 29.9. The number of aryl methyl sites for hydroxylation is 1. The summed E-state index contributed by atoms with van der Waals surface area (Å²) in [6, 6.07) is 8.24. The fourth-order valence-corrected chi connectivity index (χ4v) is 4.73. The highest BCUT2D eigenvalue weighted by Crippen LogP contribution is 2.41. The van der Waals surface area contributed by atoms with E-state index in [1.165, 1.54) is 5.56 Å². The van der Waals surface area contributed by atoms with E-state index in [1.807, 2.05) is 12.1 Å². The van der Waals surface area contributed by atoms with Gasteiger partial charge in [-0.15, -0.1) is 0 Å². The molecule has 0 radical (unpaired) electrons. The van der Waals surface area contributed by atoms with Gasteiger partial charge in [-0.05, 0) is 67.9 Å². The van der Waals surface area contributed by atoms with Crippen LogP contribution in [0.4, 0.5) is 0 Å². The van der Waals surface area contributed by atoms with E-state index < -0.39 is 0 Å².